The van der Waals surface area contributed by atoms with Crippen LogP contribution in [-0.2, 0) is 0 Å². The van der Waals surface area contributed by atoms with Crippen LogP contribution in [0.25, 0.3) is 0 Å². The van der Waals surface area contributed by atoms with E-state index in [2.05, 4.69) is 18.3 Å². The fraction of sp³-hybridized carbons (Fsp3) is 0.600. The predicted molar refractivity (Wildman–Crippen MR) is 78.8 cm³/mol. The van der Waals surface area contributed by atoms with Crippen LogP contribution in [0.5, 0.6) is 5.75 Å². The third-order valence-corrected chi connectivity index (χ3v) is 3.11. The van der Waals surface area contributed by atoms with Gasteiger partial charge in [0.05, 0.1) is 11.6 Å². The molecule has 1 N–H and O–H groups in total. The molecule has 0 fully saturated rings. The molecule has 1 aromatic carbocycles. The van der Waals surface area contributed by atoms with Gasteiger partial charge in [0.25, 0.3) is 0 Å². The largest absolute Gasteiger partial charge is 0.492 e. The Kier molecular flexibility index (Phi) is 7.14. The first kappa shape index (κ1) is 15.3. The molecule has 0 saturated carbocycles. The number of benzene rings is 1. The van der Waals surface area contributed by atoms with Crippen molar-refractivity contribution in [2.24, 2.45) is 0 Å². The average molecular weight is 270 g/mol. The summed E-state index contributed by atoms with van der Waals surface area (Å²) in [4.78, 5) is 0. The summed E-state index contributed by atoms with van der Waals surface area (Å²) in [6.07, 6.45) is 3.48. The fourth-order valence-corrected chi connectivity index (χ4v) is 2.26. The summed E-state index contributed by atoms with van der Waals surface area (Å²) in [6, 6.07) is 4.05. The van der Waals surface area contributed by atoms with E-state index < -0.39 is 0 Å². The van der Waals surface area contributed by atoms with E-state index in [1.165, 1.54) is 18.4 Å². The molecule has 0 aromatic heterocycles. The third kappa shape index (κ3) is 5.28. The number of hydrogen-bond donors (Lipinski definition) is 1. The van der Waals surface area contributed by atoms with Crippen LogP contribution in [0.3, 0.4) is 0 Å². The quantitative estimate of drug-likeness (QED) is 0.717. The van der Waals surface area contributed by atoms with Crippen molar-refractivity contribution in [2.75, 3.05) is 19.7 Å². The summed E-state index contributed by atoms with van der Waals surface area (Å²) in [7, 11) is 0. The second-order valence-electron chi connectivity index (χ2n) is 4.70. The first-order valence-corrected chi connectivity index (χ1v) is 7.13. The van der Waals surface area contributed by atoms with E-state index in [4.69, 9.17) is 16.3 Å². The van der Waals surface area contributed by atoms with E-state index in [9.17, 15) is 0 Å². The van der Waals surface area contributed by atoms with Gasteiger partial charge in [-0.2, -0.15) is 0 Å². The molecule has 0 spiro atoms. The van der Waals surface area contributed by atoms with Crippen molar-refractivity contribution in [3.63, 3.8) is 0 Å². The minimum atomic E-state index is 0.711. The zero-order valence-corrected chi connectivity index (χ0v) is 12.4. The van der Waals surface area contributed by atoms with Crippen molar-refractivity contribution >= 4 is 11.6 Å². The van der Waals surface area contributed by atoms with Gasteiger partial charge < -0.3 is 10.1 Å². The Morgan fingerprint density at radius 1 is 1.17 bits per heavy atom. The van der Waals surface area contributed by atoms with Gasteiger partial charge in [-0.25, -0.2) is 0 Å². The Hall–Kier alpha value is -0.730. The third-order valence-electron chi connectivity index (χ3n) is 2.83. The molecular formula is C15H24ClNO. The summed E-state index contributed by atoms with van der Waals surface area (Å²) in [5.41, 5.74) is 2.28. The summed E-state index contributed by atoms with van der Waals surface area (Å²) in [5, 5.41) is 4.11. The van der Waals surface area contributed by atoms with Gasteiger partial charge >= 0.3 is 0 Å². The highest BCUT2D eigenvalue weighted by molar-refractivity contribution is 6.32. The molecule has 0 saturated heterocycles. The maximum atomic E-state index is 6.18. The topological polar surface area (TPSA) is 21.3 Å². The van der Waals surface area contributed by atoms with Crippen LogP contribution in [-0.4, -0.2) is 19.7 Å². The van der Waals surface area contributed by atoms with Crippen LogP contribution >= 0.6 is 11.6 Å². The zero-order valence-electron chi connectivity index (χ0n) is 11.7. The van der Waals surface area contributed by atoms with Crippen LogP contribution in [0.1, 0.15) is 37.3 Å². The minimum Gasteiger partial charge on any atom is -0.492 e. The van der Waals surface area contributed by atoms with Crippen molar-refractivity contribution in [3.05, 3.63) is 28.3 Å². The van der Waals surface area contributed by atoms with Gasteiger partial charge in [-0.15, -0.1) is 0 Å². The highest BCUT2D eigenvalue weighted by Gasteiger charge is 2.06. The van der Waals surface area contributed by atoms with Gasteiger partial charge in [0, 0.05) is 0 Å². The van der Waals surface area contributed by atoms with Crippen molar-refractivity contribution in [1.29, 1.82) is 0 Å². The lowest BCUT2D eigenvalue weighted by molar-refractivity contribution is 0.306. The molecule has 0 radical (unpaired) electrons. The van der Waals surface area contributed by atoms with Crippen LogP contribution in [0.15, 0.2) is 12.1 Å². The van der Waals surface area contributed by atoms with Gasteiger partial charge in [-0.05, 0) is 57.0 Å². The van der Waals surface area contributed by atoms with Gasteiger partial charge in [0.1, 0.15) is 5.75 Å². The SMILES string of the molecule is CCCCNCCCOc1c(C)cc(C)cc1Cl. The summed E-state index contributed by atoms with van der Waals surface area (Å²) in [5.74, 6) is 0.829. The lowest BCUT2D eigenvalue weighted by Crippen LogP contribution is -2.18. The molecule has 102 valence electrons. The lowest BCUT2D eigenvalue weighted by Gasteiger charge is -2.12. The number of nitrogens with one attached hydrogen (secondary N) is 1. The predicted octanol–water partition coefficient (Wildman–Crippen LogP) is 4.12. The van der Waals surface area contributed by atoms with E-state index in [1.807, 2.05) is 19.9 Å². The second kappa shape index (κ2) is 8.39. The Morgan fingerprint density at radius 2 is 1.89 bits per heavy atom. The normalized spacial score (nSPS) is 10.7. The number of unbranched alkanes of at least 4 members (excludes halogenated alkanes) is 1. The van der Waals surface area contributed by atoms with Gasteiger partial charge in [0.15, 0.2) is 0 Å². The number of aryl methyl sites for hydroxylation is 2. The number of ether oxygens (including phenoxy) is 1. The molecule has 0 unspecified atom stereocenters. The number of rotatable bonds is 8. The maximum Gasteiger partial charge on any atom is 0.140 e. The minimum absolute atomic E-state index is 0.711. The maximum absolute atomic E-state index is 6.18. The van der Waals surface area contributed by atoms with Gasteiger partial charge in [0.2, 0.25) is 0 Å². The Morgan fingerprint density at radius 3 is 2.56 bits per heavy atom. The van der Waals surface area contributed by atoms with Crippen molar-refractivity contribution < 1.29 is 4.74 Å². The summed E-state index contributed by atoms with van der Waals surface area (Å²) < 4.78 is 5.76. The van der Waals surface area contributed by atoms with Crippen LogP contribution in [0.2, 0.25) is 5.02 Å². The molecule has 1 aromatic rings. The molecule has 0 atom stereocenters. The van der Waals surface area contributed by atoms with Crippen LogP contribution in [0, 0.1) is 13.8 Å². The average Bonchev–Trinajstić information content (AvgIpc) is 2.30. The number of halogens is 1. The monoisotopic (exact) mass is 269 g/mol. The molecule has 3 heteroatoms. The van der Waals surface area contributed by atoms with Gasteiger partial charge in [-0.3, -0.25) is 0 Å². The Labute approximate surface area is 116 Å². The van der Waals surface area contributed by atoms with Crippen molar-refractivity contribution in [2.45, 2.75) is 40.0 Å². The number of hydrogen-bond acceptors (Lipinski definition) is 2. The molecule has 0 aliphatic rings. The molecule has 0 heterocycles. The molecule has 2 nitrogen and oxygen atoms in total. The lowest BCUT2D eigenvalue weighted by atomic mass is 10.1. The molecule has 0 aliphatic carbocycles. The highest BCUT2D eigenvalue weighted by Crippen LogP contribution is 2.29. The van der Waals surface area contributed by atoms with Crippen molar-refractivity contribution in [3.8, 4) is 5.75 Å². The van der Waals surface area contributed by atoms with Crippen LogP contribution in [0.4, 0.5) is 0 Å². The van der Waals surface area contributed by atoms with Crippen molar-refractivity contribution in [1.82, 2.24) is 5.32 Å². The Bertz CT molecular complexity index is 343. The first-order valence-electron chi connectivity index (χ1n) is 6.75. The molecule has 0 bridgehead atoms. The standard InChI is InChI=1S/C15H24ClNO/c1-4-5-7-17-8-6-9-18-15-13(3)10-12(2)11-14(15)16/h10-11,17H,4-9H2,1-3H3. The van der Waals surface area contributed by atoms with E-state index in [-0.39, 0.29) is 0 Å². The molecule has 18 heavy (non-hydrogen) atoms. The fourth-order valence-electron chi connectivity index (χ4n) is 1.88. The van der Waals surface area contributed by atoms with E-state index >= 15 is 0 Å². The summed E-state index contributed by atoms with van der Waals surface area (Å²) >= 11 is 6.18. The molecule has 0 amide bonds. The smallest absolute Gasteiger partial charge is 0.140 e. The zero-order chi connectivity index (χ0) is 13.4. The van der Waals surface area contributed by atoms with E-state index in [0.717, 1.165) is 30.8 Å². The molecular weight excluding hydrogens is 246 g/mol. The van der Waals surface area contributed by atoms with E-state index in [0.29, 0.717) is 11.6 Å². The Balaban J connectivity index is 2.27. The molecule has 1 rings (SSSR count). The van der Waals surface area contributed by atoms with Gasteiger partial charge in [-0.1, -0.05) is 31.0 Å². The highest BCUT2D eigenvalue weighted by atomic mass is 35.5. The first-order chi connectivity index (χ1) is 8.65. The molecule has 0 aliphatic heterocycles. The second-order valence-corrected chi connectivity index (χ2v) is 5.11. The summed E-state index contributed by atoms with van der Waals surface area (Å²) in [6.45, 7) is 9.09. The van der Waals surface area contributed by atoms with E-state index in [1.54, 1.807) is 0 Å². The van der Waals surface area contributed by atoms with Crippen LogP contribution < -0.4 is 10.1 Å².